The first kappa shape index (κ1) is 30.1. The third-order valence-corrected chi connectivity index (χ3v) is 7.67. The number of hydrogen-bond acceptors (Lipinski definition) is 6. The van der Waals surface area contributed by atoms with Crippen LogP contribution in [0.5, 0.6) is 0 Å². The molecule has 3 rings (SSSR count). The lowest BCUT2D eigenvalue weighted by Crippen LogP contribution is -2.22. The molecule has 0 heterocycles. The first-order chi connectivity index (χ1) is 18.7. The summed E-state index contributed by atoms with van der Waals surface area (Å²) in [6, 6.07) is 0. The summed E-state index contributed by atoms with van der Waals surface area (Å²) in [5, 5.41) is 27.5. The quantitative estimate of drug-likeness (QED) is 0.295. The molecule has 40 heavy (non-hydrogen) atoms. The largest absolute Gasteiger partial charge is 0.413 e. The van der Waals surface area contributed by atoms with Gasteiger partial charge in [0, 0.05) is 5.41 Å². The SMILES string of the molecule is CC1(OC#N)C=CC=C(C(C)(C)CC2=CC(C)(OC#N)C=CC(C(C)(C)C3=CC=CC(C)(OC#N)C=C3)=C2)C=C1. The molecule has 0 saturated heterocycles. The van der Waals surface area contributed by atoms with Crippen molar-refractivity contribution in [1.82, 2.24) is 0 Å². The topological polar surface area (TPSA) is 99.1 Å². The van der Waals surface area contributed by atoms with Gasteiger partial charge in [-0.15, -0.1) is 0 Å². The molecule has 0 N–H and O–H groups in total. The number of hydrogen-bond donors (Lipinski definition) is 0. The fourth-order valence-electron chi connectivity index (χ4n) is 5.01. The van der Waals surface area contributed by atoms with E-state index in [0.717, 1.165) is 22.3 Å². The van der Waals surface area contributed by atoms with E-state index in [9.17, 15) is 5.26 Å². The summed E-state index contributed by atoms with van der Waals surface area (Å²) in [7, 11) is 0. The molecule has 206 valence electrons. The maximum atomic E-state index is 9.40. The maximum absolute atomic E-state index is 9.40. The van der Waals surface area contributed by atoms with Gasteiger partial charge in [-0.2, -0.15) is 15.8 Å². The first-order valence-electron chi connectivity index (χ1n) is 13.2. The van der Waals surface area contributed by atoms with Gasteiger partial charge in [0.25, 0.3) is 18.8 Å². The second kappa shape index (κ2) is 11.3. The van der Waals surface area contributed by atoms with E-state index < -0.39 is 22.2 Å². The summed E-state index contributed by atoms with van der Waals surface area (Å²) < 4.78 is 16.1. The average molecular weight is 536 g/mol. The van der Waals surface area contributed by atoms with Crippen molar-refractivity contribution in [2.24, 2.45) is 10.8 Å². The maximum Gasteiger partial charge on any atom is 0.287 e. The van der Waals surface area contributed by atoms with Crippen LogP contribution in [0, 0.1) is 45.4 Å². The number of nitriles is 3. The molecule has 0 radical (unpaired) electrons. The van der Waals surface area contributed by atoms with Gasteiger partial charge in [-0.05, 0) is 91.4 Å². The third kappa shape index (κ3) is 6.93. The highest BCUT2D eigenvalue weighted by atomic mass is 16.5. The third-order valence-electron chi connectivity index (χ3n) is 7.67. The van der Waals surface area contributed by atoms with E-state index in [0.29, 0.717) is 6.42 Å². The van der Waals surface area contributed by atoms with Crippen molar-refractivity contribution in [2.45, 2.75) is 71.7 Å². The van der Waals surface area contributed by atoms with Crippen LogP contribution in [0.1, 0.15) is 54.9 Å². The molecule has 3 unspecified atom stereocenters. The molecule has 6 heteroatoms. The van der Waals surface area contributed by atoms with Gasteiger partial charge in [-0.3, -0.25) is 0 Å². The van der Waals surface area contributed by atoms with Gasteiger partial charge in [0.2, 0.25) is 0 Å². The molecule has 3 atom stereocenters. The van der Waals surface area contributed by atoms with Crippen LogP contribution in [0.25, 0.3) is 0 Å². The Bertz CT molecular complexity index is 1430. The van der Waals surface area contributed by atoms with E-state index in [4.69, 9.17) is 24.7 Å². The Morgan fingerprint density at radius 2 is 1.10 bits per heavy atom. The Hall–Kier alpha value is -4.47. The number of nitrogens with zero attached hydrogens (tertiary/aromatic N) is 3. The lowest BCUT2D eigenvalue weighted by Gasteiger charge is -2.30. The zero-order valence-electron chi connectivity index (χ0n) is 24.4. The van der Waals surface area contributed by atoms with E-state index >= 15 is 0 Å². The van der Waals surface area contributed by atoms with Crippen molar-refractivity contribution >= 4 is 0 Å². The Morgan fingerprint density at radius 3 is 1.65 bits per heavy atom. The minimum Gasteiger partial charge on any atom is -0.413 e. The highest BCUT2D eigenvalue weighted by Gasteiger charge is 2.33. The van der Waals surface area contributed by atoms with Crippen LogP contribution < -0.4 is 0 Å². The van der Waals surface area contributed by atoms with Crippen LogP contribution in [-0.2, 0) is 14.2 Å². The minimum absolute atomic E-state index is 0.297. The number of allylic oxidation sites excluding steroid dienone is 12. The normalized spacial score (nSPS) is 27.8. The van der Waals surface area contributed by atoms with Crippen molar-refractivity contribution in [3.05, 3.63) is 107 Å². The summed E-state index contributed by atoms with van der Waals surface area (Å²) in [4.78, 5) is 0. The van der Waals surface area contributed by atoms with Crippen molar-refractivity contribution in [1.29, 1.82) is 15.8 Å². The summed E-state index contributed by atoms with van der Waals surface area (Å²) in [6.07, 6.45) is 33.7. The lowest BCUT2D eigenvalue weighted by molar-refractivity contribution is 0.149. The van der Waals surface area contributed by atoms with Crippen LogP contribution in [0.2, 0.25) is 0 Å². The van der Waals surface area contributed by atoms with Gasteiger partial charge in [-0.25, -0.2) is 0 Å². The second-order valence-corrected chi connectivity index (χ2v) is 12.1. The van der Waals surface area contributed by atoms with Crippen molar-refractivity contribution in [3.63, 3.8) is 0 Å². The Balaban J connectivity index is 2.01. The Labute approximate surface area is 238 Å². The summed E-state index contributed by atoms with van der Waals surface area (Å²) >= 11 is 0. The Morgan fingerprint density at radius 1 is 0.650 bits per heavy atom. The second-order valence-electron chi connectivity index (χ2n) is 12.1. The molecule has 6 nitrogen and oxygen atoms in total. The molecule has 3 aliphatic carbocycles. The molecule has 0 spiro atoms. The van der Waals surface area contributed by atoms with Gasteiger partial charge in [0.05, 0.1) is 0 Å². The van der Waals surface area contributed by atoms with Crippen LogP contribution in [0.3, 0.4) is 0 Å². The first-order valence-corrected chi connectivity index (χ1v) is 13.2. The van der Waals surface area contributed by atoms with Gasteiger partial charge < -0.3 is 14.2 Å². The average Bonchev–Trinajstić information content (AvgIpc) is 3.25. The molecule has 0 aliphatic heterocycles. The van der Waals surface area contributed by atoms with Crippen LogP contribution in [0.4, 0.5) is 0 Å². The van der Waals surface area contributed by atoms with Gasteiger partial charge in [0.15, 0.2) is 16.8 Å². The molecular weight excluding hydrogens is 498 g/mol. The molecule has 0 bridgehead atoms. The van der Waals surface area contributed by atoms with E-state index in [1.165, 1.54) is 0 Å². The summed E-state index contributed by atoms with van der Waals surface area (Å²) in [5.74, 6) is 0. The molecular formula is C34H37N3O3. The van der Waals surface area contributed by atoms with E-state index in [1.807, 2.05) is 106 Å². The predicted molar refractivity (Wildman–Crippen MR) is 156 cm³/mol. The molecule has 0 saturated carbocycles. The summed E-state index contributed by atoms with van der Waals surface area (Å²) in [6.45, 7) is 14.2. The van der Waals surface area contributed by atoms with Crippen molar-refractivity contribution < 1.29 is 14.2 Å². The zero-order chi connectivity index (χ0) is 29.7. The van der Waals surface area contributed by atoms with Gasteiger partial charge in [0.1, 0.15) is 0 Å². The van der Waals surface area contributed by atoms with Crippen LogP contribution >= 0.6 is 0 Å². The molecule has 0 aromatic carbocycles. The van der Waals surface area contributed by atoms with E-state index in [2.05, 4.69) is 33.8 Å². The molecule has 0 fully saturated rings. The monoisotopic (exact) mass is 535 g/mol. The number of rotatable bonds is 8. The predicted octanol–water partition coefficient (Wildman–Crippen LogP) is 7.73. The Kier molecular flexibility index (Phi) is 8.52. The molecule has 0 aromatic rings. The van der Waals surface area contributed by atoms with Crippen molar-refractivity contribution in [3.8, 4) is 18.8 Å². The zero-order valence-corrected chi connectivity index (χ0v) is 24.4. The van der Waals surface area contributed by atoms with Gasteiger partial charge >= 0.3 is 0 Å². The molecule has 0 aromatic heterocycles. The highest BCUT2D eigenvalue weighted by Crippen LogP contribution is 2.43. The highest BCUT2D eigenvalue weighted by molar-refractivity contribution is 5.50. The van der Waals surface area contributed by atoms with Gasteiger partial charge in [-0.1, -0.05) is 76.3 Å². The molecule has 3 aliphatic rings. The fourth-order valence-corrected chi connectivity index (χ4v) is 5.01. The standard InChI is InChI=1S/C34H37N3O3/c1-30(2,27-10-8-15-32(5,17-12-27)38-23-35)21-26-20-29(14-19-34(7,22-26)40-25-37)31(3,4)28-11-9-16-33(6,18-13-28)39-24-36/h8-20,22H,21H2,1-7H3. The van der Waals surface area contributed by atoms with Crippen molar-refractivity contribution in [2.75, 3.05) is 0 Å². The fraction of sp³-hybridized carbons (Fsp3) is 0.382. The smallest absolute Gasteiger partial charge is 0.287 e. The minimum atomic E-state index is -0.909. The molecule has 0 amide bonds. The summed E-state index contributed by atoms with van der Waals surface area (Å²) in [5.41, 5.74) is 0.974. The number of ether oxygens (including phenoxy) is 3. The van der Waals surface area contributed by atoms with Crippen LogP contribution in [-0.4, -0.2) is 16.8 Å². The van der Waals surface area contributed by atoms with E-state index in [-0.39, 0.29) is 5.41 Å². The lowest BCUT2D eigenvalue weighted by atomic mass is 9.74. The van der Waals surface area contributed by atoms with E-state index in [1.54, 1.807) is 12.5 Å². The van der Waals surface area contributed by atoms with Crippen LogP contribution in [0.15, 0.2) is 107 Å².